The van der Waals surface area contributed by atoms with Crippen LogP contribution in [0.3, 0.4) is 0 Å². The van der Waals surface area contributed by atoms with E-state index in [9.17, 15) is 19.2 Å². The van der Waals surface area contributed by atoms with Crippen molar-refractivity contribution >= 4 is 23.7 Å². The average molecular weight is 408 g/mol. The summed E-state index contributed by atoms with van der Waals surface area (Å²) in [6, 6.07) is 5.82. The van der Waals surface area contributed by atoms with Crippen molar-refractivity contribution < 1.29 is 14.0 Å². The molecule has 0 spiro atoms. The third-order valence-electron chi connectivity index (χ3n) is 5.13. The maximum absolute atomic E-state index is 14.0. The Morgan fingerprint density at radius 2 is 2.11 bits per heavy atom. The van der Waals surface area contributed by atoms with E-state index in [0.29, 0.717) is 30.1 Å². The van der Waals surface area contributed by atoms with Crippen LogP contribution in [0.25, 0.3) is 0 Å². The van der Waals surface area contributed by atoms with Gasteiger partial charge in [0.05, 0.1) is 18.0 Å². The SMILES string of the molecule is CNC(=O)N1CC(C#N)CC(N(C(=O)NCc2ccc(Cl)cc2F)C2CC2)C1. The number of hydrogen-bond acceptors (Lipinski definition) is 3. The number of nitriles is 1. The van der Waals surface area contributed by atoms with Gasteiger partial charge >= 0.3 is 12.1 Å². The molecule has 150 valence electrons. The zero-order valence-electron chi connectivity index (χ0n) is 15.6. The van der Waals surface area contributed by atoms with Gasteiger partial charge in [-0.1, -0.05) is 17.7 Å². The number of carbonyl (C=O) groups excluding carboxylic acids is 2. The molecule has 4 amide bonds. The molecular weight excluding hydrogens is 385 g/mol. The molecule has 28 heavy (non-hydrogen) atoms. The number of benzene rings is 1. The monoisotopic (exact) mass is 407 g/mol. The Balaban J connectivity index is 1.70. The minimum absolute atomic E-state index is 0.0403. The number of nitrogens with one attached hydrogen (secondary N) is 2. The van der Waals surface area contributed by atoms with Crippen LogP contribution in [-0.2, 0) is 6.54 Å². The molecule has 0 radical (unpaired) electrons. The van der Waals surface area contributed by atoms with Gasteiger partial charge in [-0.25, -0.2) is 14.0 Å². The topological polar surface area (TPSA) is 88.5 Å². The number of hydrogen-bond donors (Lipinski definition) is 2. The molecule has 2 atom stereocenters. The highest BCUT2D eigenvalue weighted by molar-refractivity contribution is 6.30. The van der Waals surface area contributed by atoms with Crippen molar-refractivity contribution in [2.45, 2.75) is 37.9 Å². The van der Waals surface area contributed by atoms with E-state index < -0.39 is 5.82 Å². The van der Waals surface area contributed by atoms with E-state index in [1.54, 1.807) is 29.0 Å². The molecule has 1 aromatic carbocycles. The first-order valence-electron chi connectivity index (χ1n) is 9.29. The van der Waals surface area contributed by atoms with E-state index in [4.69, 9.17) is 11.6 Å². The van der Waals surface area contributed by atoms with Crippen molar-refractivity contribution in [2.24, 2.45) is 5.92 Å². The van der Waals surface area contributed by atoms with Gasteiger partial charge in [-0.2, -0.15) is 5.26 Å². The first-order chi connectivity index (χ1) is 13.4. The number of piperidine rings is 1. The summed E-state index contributed by atoms with van der Waals surface area (Å²) in [5.41, 5.74) is 0.346. The molecule has 0 bridgehead atoms. The van der Waals surface area contributed by atoms with Crippen molar-refractivity contribution in [2.75, 3.05) is 20.1 Å². The maximum Gasteiger partial charge on any atom is 0.318 e. The van der Waals surface area contributed by atoms with Gasteiger partial charge in [0.1, 0.15) is 5.82 Å². The molecule has 1 aliphatic heterocycles. The minimum Gasteiger partial charge on any atom is -0.341 e. The number of halogens is 2. The number of likely N-dealkylation sites (tertiary alicyclic amines) is 1. The summed E-state index contributed by atoms with van der Waals surface area (Å²) in [5, 5.41) is 15.0. The lowest BCUT2D eigenvalue weighted by molar-refractivity contribution is 0.103. The van der Waals surface area contributed by atoms with Crippen LogP contribution in [0, 0.1) is 23.1 Å². The summed E-state index contributed by atoms with van der Waals surface area (Å²) in [5.74, 6) is -0.808. The van der Waals surface area contributed by atoms with E-state index in [1.165, 1.54) is 6.07 Å². The Labute approximate surface area is 168 Å². The van der Waals surface area contributed by atoms with Crippen LogP contribution in [0.4, 0.5) is 14.0 Å². The molecule has 1 aromatic rings. The molecule has 0 aromatic heterocycles. The number of nitrogens with zero attached hydrogens (tertiary/aromatic N) is 3. The summed E-state index contributed by atoms with van der Waals surface area (Å²) in [6.07, 6.45) is 2.29. The lowest BCUT2D eigenvalue weighted by Gasteiger charge is -2.41. The summed E-state index contributed by atoms with van der Waals surface area (Å²) in [4.78, 5) is 28.2. The Morgan fingerprint density at radius 3 is 2.71 bits per heavy atom. The summed E-state index contributed by atoms with van der Waals surface area (Å²) in [6.45, 7) is 0.762. The molecule has 9 heteroatoms. The molecule has 1 saturated heterocycles. The third-order valence-corrected chi connectivity index (χ3v) is 5.36. The quantitative estimate of drug-likeness (QED) is 0.804. The zero-order valence-corrected chi connectivity index (χ0v) is 16.4. The van der Waals surface area contributed by atoms with Gasteiger partial charge < -0.3 is 20.4 Å². The highest BCUT2D eigenvalue weighted by atomic mass is 35.5. The number of carbonyl (C=O) groups is 2. The molecule has 2 unspecified atom stereocenters. The molecule has 1 heterocycles. The smallest absolute Gasteiger partial charge is 0.318 e. The van der Waals surface area contributed by atoms with Crippen LogP contribution in [0.2, 0.25) is 5.02 Å². The largest absolute Gasteiger partial charge is 0.341 e. The normalized spacial score (nSPS) is 21.6. The van der Waals surface area contributed by atoms with Crippen LogP contribution in [-0.4, -0.2) is 54.1 Å². The molecule has 2 N–H and O–H groups in total. The first kappa shape index (κ1) is 20.2. The van der Waals surface area contributed by atoms with Gasteiger partial charge in [0.2, 0.25) is 0 Å². The van der Waals surface area contributed by atoms with Crippen LogP contribution < -0.4 is 10.6 Å². The second kappa shape index (κ2) is 8.65. The van der Waals surface area contributed by atoms with Gasteiger partial charge in [0, 0.05) is 43.3 Å². The van der Waals surface area contributed by atoms with Crippen LogP contribution in [0.1, 0.15) is 24.8 Å². The Hall–Kier alpha value is -2.53. The first-order valence-corrected chi connectivity index (χ1v) is 9.67. The maximum atomic E-state index is 14.0. The molecular formula is C19H23ClFN5O2. The molecule has 1 saturated carbocycles. The number of urea groups is 2. The molecule has 1 aliphatic carbocycles. The highest BCUT2D eigenvalue weighted by Crippen LogP contribution is 2.32. The minimum atomic E-state index is -0.473. The molecule has 2 fully saturated rings. The Morgan fingerprint density at radius 1 is 1.36 bits per heavy atom. The fourth-order valence-electron chi connectivity index (χ4n) is 3.60. The Bertz CT molecular complexity index is 795. The lowest BCUT2D eigenvalue weighted by Crippen LogP contribution is -2.57. The van der Waals surface area contributed by atoms with Crippen molar-refractivity contribution in [3.05, 3.63) is 34.6 Å². The van der Waals surface area contributed by atoms with Crippen LogP contribution in [0.15, 0.2) is 18.2 Å². The third kappa shape index (κ3) is 4.65. The second-order valence-electron chi connectivity index (χ2n) is 7.21. The van der Waals surface area contributed by atoms with Crippen molar-refractivity contribution in [3.63, 3.8) is 0 Å². The predicted molar refractivity (Wildman–Crippen MR) is 102 cm³/mol. The Kier molecular flexibility index (Phi) is 6.25. The van der Waals surface area contributed by atoms with Gasteiger partial charge in [0.25, 0.3) is 0 Å². The summed E-state index contributed by atoms with van der Waals surface area (Å²) in [7, 11) is 1.54. The van der Waals surface area contributed by atoms with E-state index in [2.05, 4.69) is 16.7 Å². The van der Waals surface area contributed by atoms with Crippen LogP contribution >= 0.6 is 11.6 Å². The van der Waals surface area contributed by atoms with Crippen molar-refractivity contribution in [1.82, 2.24) is 20.4 Å². The number of amides is 4. The van der Waals surface area contributed by atoms with Gasteiger partial charge in [-0.05, 0) is 31.4 Å². The summed E-state index contributed by atoms with van der Waals surface area (Å²) >= 11 is 5.76. The fourth-order valence-corrected chi connectivity index (χ4v) is 3.76. The second-order valence-corrected chi connectivity index (χ2v) is 7.65. The van der Waals surface area contributed by atoms with Gasteiger partial charge in [0.15, 0.2) is 0 Å². The molecule has 3 rings (SSSR count). The van der Waals surface area contributed by atoms with Crippen molar-refractivity contribution in [3.8, 4) is 6.07 Å². The zero-order chi connectivity index (χ0) is 20.3. The predicted octanol–water partition coefficient (Wildman–Crippen LogP) is 2.71. The molecule has 7 nitrogen and oxygen atoms in total. The van der Waals surface area contributed by atoms with E-state index in [0.717, 1.165) is 12.8 Å². The lowest BCUT2D eigenvalue weighted by atomic mass is 9.94. The fraction of sp³-hybridized carbons (Fsp3) is 0.526. The van der Waals surface area contributed by atoms with Gasteiger partial charge in [-0.15, -0.1) is 0 Å². The van der Waals surface area contributed by atoms with E-state index in [-0.39, 0.29) is 36.6 Å². The van der Waals surface area contributed by atoms with Crippen LogP contribution in [0.5, 0.6) is 0 Å². The number of rotatable bonds is 4. The summed E-state index contributed by atoms with van der Waals surface area (Å²) < 4.78 is 14.0. The van der Waals surface area contributed by atoms with Gasteiger partial charge in [-0.3, -0.25) is 0 Å². The van der Waals surface area contributed by atoms with E-state index >= 15 is 0 Å². The highest BCUT2D eigenvalue weighted by Gasteiger charge is 2.41. The average Bonchev–Trinajstić information content (AvgIpc) is 3.51. The van der Waals surface area contributed by atoms with E-state index in [1.807, 2.05) is 0 Å². The standard InChI is InChI=1S/C19H23ClFN5O2/c1-23-18(27)25-10-12(8-22)6-16(11-25)26(15-4-5-15)19(28)24-9-13-2-3-14(20)7-17(13)21/h2-3,7,12,15-16H,4-6,9-11H2,1H3,(H,23,27)(H,24,28). The molecule has 2 aliphatic rings. The van der Waals surface area contributed by atoms with Crippen molar-refractivity contribution in [1.29, 1.82) is 5.26 Å².